The van der Waals surface area contributed by atoms with Crippen LogP contribution in [-0.2, 0) is 4.79 Å². The third-order valence-corrected chi connectivity index (χ3v) is 3.82. The standard InChI is InChI=1S/C10H15N3O2S/c1-6-4-3-5-13(8(6)9(14)15)10-12-11-7(2)16-10/h6,8H,3-5H2,1-2H3,(H,14,15). The first-order valence-electron chi connectivity index (χ1n) is 5.39. The van der Waals surface area contributed by atoms with Crippen LogP contribution in [0.4, 0.5) is 5.13 Å². The Morgan fingerprint density at radius 1 is 1.56 bits per heavy atom. The van der Waals surface area contributed by atoms with Crippen LogP contribution >= 0.6 is 11.3 Å². The minimum atomic E-state index is -0.764. The molecule has 1 fully saturated rings. The van der Waals surface area contributed by atoms with Crippen molar-refractivity contribution >= 4 is 22.4 Å². The second-order valence-corrected chi connectivity index (χ2v) is 5.36. The topological polar surface area (TPSA) is 66.3 Å². The molecule has 1 N–H and O–H groups in total. The van der Waals surface area contributed by atoms with Gasteiger partial charge in [0.1, 0.15) is 11.0 Å². The van der Waals surface area contributed by atoms with Crippen molar-refractivity contribution in [2.24, 2.45) is 5.92 Å². The van der Waals surface area contributed by atoms with Gasteiger partial charge in [-0.25, -0.2) is 4.79 Å². The molecular formula is C10H15N3O2S. The Hall–Kier alpha value is -1.17. The molecule has 0 aliphatic carbocycles. The third kappa shape index (κ3) is 2.02. The first kappa shape index (κ1) is 11.3. The zero-order valence-corrected chi connectivity index (χ0v) is 10.2. The van der Waals surface area contributed by atoms with Crippen LogP contribution in [0.25, 0.3) is 0 Å². The molecule has 5 nitrogen and oxygen atoms in total. The first-order valence-corrected chi connectivity index (χ1v) is 6.21. The highest BCUT2D eigenvalue weighted by Gasteiger charge is 2.35. The Kier molecular flexibility index (Phi) is 3.09. The number of aryl methyl sites for hydroxylation is 1. The fourth-order valence-electron chi connectivity index (χ4n) is 2.18. The van der Waals surface area contributed by atoms with E-state index in [1.165, 1.54) is 11.3 Å². The number of aromatic nitrogens is 2. The molecule has 0 saturated carbocycles. The number of nitrogens with zero attached hydrogens (tertiary/aromatic N) is 3. The van der Waals surface area contributed by atoms with Crippen molar-refractivity contribution < 1.29 is 9.90 Å². The Balaban J connectivity index is 2.27. The fraction of sp³-hybridized carbons (Fsp3) is 0.700. The summed E-state index contributed by atoms with van der Waals surface area (Å²) in [6.07, 6.45) is 1.98. The number of carboxylic acids is 1. The number of hydrogen-bond donors (Lipinski definition) is 1. The van der Waals surface area contributed by atoms with Gasteiger partial charge >= 0.3 is 5.97 Å². The maximum absolute atomic E-state index is 11.3. The molecule has 0 spiro atoms. The minimum Gasteiger partial charge on any atom is -0.480 e. The van der Waals surface area contributed by atoms with Crippen molar-refractivity contribution in [2.75, 3.05) is 11.4 Å². The molecule has 88 valence electrons. The Morgan fingerprint density at radius 2 is 2.31 bits per heavy atom. The van der Waals surface area contributed by atoms with E-state index in [1.807, 2.05) is 18.7 Å². The van der Waals surface area contributed by atoms with Crippen LogP contribution in [0.15, 0.2) is 0 Å². The van der Waals surface area contributed by atoms with Gasteiger partial charge in [0, 0.05) is 6.54 Å². The number of rotatable bonds is 2. The SMILES string of the molecule is Cc1nnc(N2CCCC(C)C2C(=O)O)s1. The van der Waals surface area contributed by atoms with Crippen LogP contribution in [0.1, 0.15) is 24.8 Å². The van der Waals surface area contributed by atoms with E-state index in [2.05, 4.69) is 10.2 Å². The highest BCUT2D eigenvalue weighted by Crippen LogP contribution is 2.30. The number of anilines is 1. The summed E-state index contributed by atoms with van der Waals surface area (Å²) in [5.41, 5.74) is 0. The van der Waals surface area contributed by atoms with Gasteiger partial charge in [-0.1, -0.05) is 18.3 Å². The van der Waals surface area contributed by atoms with Crippen molar-refractivity contribution in [3.63, 3.8) is 0 Å². The van der Waals surface area contributed by atoms with Crippen LogP contribution in [-0.4, -0.2) is 33.9 Å². The quantitative estimate of drug-likeness (QED) is 0.850. The molecule has 6 heteroatoms. The lowest BCUT2D eigenvalue weighted by Crippen LogP contribution is -2.49. The maximum atomic E-state index is 11.3. The second kappa shape index (κ2) is 4.37. The number of carbonyl (C=O) groups is 1. The first-order chi connectivity index (χ1) is 7.59. The summed E-state index contributed by atoms with van der Waals surface area (Å²) in [5, 5.41) is 18.8. The molecule has 1 aromatic heterocycles. The zero-order valence-electron chi connectivity index (χ0n) is 9.38. The van der Waals surface area contributed by atoms with Crippen LogP contribution in [0.3, 0.4) is 0 Å². The summed E-state index contributed by atoms with van der Waals surface area (Å²) in [7, 11) is 0. The Labute approximate surface area is 98.1 Å². The van der Waals surface area contributed by atoms with Gasteiger partial charge in [0.25, 0.3) is 0 Å². The summed E-state index contributed by atoms with van der Waals surface area (Å²) in [6.45, 7) is 4.62. The lowest BCUT2D eigenvalue weighted by molar-refractivity contribution is -0.140. The molecule has 0 amide bonds. The van der Waals surface area contributed by atoms with Crippen LogP contribution in [0.2, 0.25) is 0 Å². The number of hydrogen-bond acceptors (Lipinski definition) is 5. The van der Waals surface area contributed by atoms with Crippen LogP contribution in [0, 0.1) is 12.8 Å². The molecule has 2 heterocycles. The van der Waals surface area contributed by atoms with Crippen molar-refractivity contribution in [2.45, 2.75) is 32.7 Å². The van der Waals surface area contributed by atoms with E-state index in [1.54, 1.807) is 0 Å². The highest BCUT2D eigenvalue weighted by molar-refractivity contribution is 7.15. The molecule has 1 aliphatic heterocycles. The van der Waals surface area contributed by atoms with E-state index in [0.29, 0.717) is 0 Å². The lowest BCUT2D eigenvalue weighted by Gasteiger charge is -2.36. The van der Waals surface area contributed by atoms with Crippen molar-refractivity contribution in [1.29, 1.82) is 0 Å². The van der Waals surface area contributed by atoms with Crippen LogP contribution in [0.5, 0.6) is 0 Å². The molecule has 1 aliphatic rings. The number of piperidine rings is 1. The molecular weight excluding hydrogens is 226 g/mol. The molecule has 0 bridgehead atoms. The molecule has 2 rings (SSSR count). The number of aliphatic carboxylic acids is 1. The van der Waals surface area contributed by atoms with E-state index in [0.717, 1.165) is 29.5 Å². The molecule has 2 atom stereocenters. The Morgan fingerprint density at radius 3 is 2.88 bits per heavy atom. The molecule has 2 unspecified atom stereocenters. The fourth-order valence-corrected chi connectivity index (χ4v) is 2.93. The monoisotopic (exact) mass is 241 g/mol. The summed E-state index contributed by atoms with van der Waals surface area (Å²) in [4.78, 5) is 13.1. The van der Waals surface area contributed by atoms with Crippen molar-refractivity contribution in [1.82, 2.24) is 10.2 Å². The van der Waals surface area contributed by atoms with E-state index in [-0.39, 0.29) is 5.92 Å². The van der Waals surface area contributed by atoms with Crippen molar-refractivity contribution in [3.05, 3.63) is 5.01 Å². The third-order valence-electron chi connectivity index (χ3n) is 2.95. The normalized spacial score (nSPS) is 25.8. The molecule has 0 radical (unpaired) electrons. The van der Waals surface area contributed by atoms with E-state index >= 15 is 0 Å². The Bertz CT molecular complexity index is 393. The molecule has 1 aromatic rings. The van der Waals surface area contributed by atoms with E-state index < -0.39 is 12.0 Å². The predicted molar refractivity (Wildman–Crippen MR) is 61.8 cm³/mol. The average Bonchev–Trinajstić information content (AvgIpc) is 2.63. The van der Waals surface area contributed by atoms with Gasteiger partial charge in [0.2, 0.25) is 5.13 Å². The van der Waals surface area contributed by atoms with Gasteiger partial charge in [-0.15, -0.1) is 10.2 Å². The minimum absolute atomic E-state index is 0.162. The van der Waals surface area contributed by atoms with Gasteiger partial charge in [-0.3, -0.25) is 0 Å². The average molecular weight is 241 g/mol. The second-order valence-electron chi connectivity index (χ2n) is 4.20. The van der Waals surface area contributed by atoms with Crippen molar-refractivity contribution in [3.8, 4) is 0 Å². The van der Waals surface area contributed by atoms with E-state index in [9.17, 15) is 9.90 Å². The lowest BCUT2D eigenvalue weighted by atomic mass is 9.91. The highest BCUT2D eigenvalue weighted by atomic mass is 32.1. The van der Waals surface area contributed by atoms with Gasteiger partial charge in [-0.2, -0.15) is 0 Å². The molecule has 16 heavy (non-hydrogen) atoms. The zero-order chi connectivity index (χ0) is 11.7. The molecule has 1 saturated heterocycles. The summed E-state index contributed by atoms with van der Waals surface area (Å²) in [6, 6.07) is -0.457. The van der Waals surface area contributed by atoms with Gasteiger partial charge in [0.15, 0.2) is 0 Å². The van der Waals surface area contributed by atoms with Gasteiger partial charge in [0.05, 0.1) is 0 Å². The van der Waals surface area contributed by atoms with E-state index in [4.69, 9.17) is 0 Å². The largest absolute Gasteiger partial charge is 0.480 e. The predicted octanol–water partition coefficient (Wildman–Crippen LogP) is 1.54. The molecule has 0 aromatic carbocycles. The summed E-state index contributed by atoms with van der Waals surface area (Å²) >= 11 is 1.46. The summed E-state index contributed by atoms with van der Waals surface area (Å²) < 4.78 is 0. The van der Waals surface area contributed by atoms with Crippen LogP contribution < -0.4 is 4.90 Å². The van der Waals surface area contributed by atoms with Gasteiger partial charge in [-0.05, 0) is 25.7 Å². The summed E-state index contributed by atoms with van der Waals surface area (Å²) in [5.74, 6) is -0.601. The number of carboxylic acid groups (broad SMARTS) is 1. The smallest absolute Gasteiger partial charge is 0.326 e. The van der Waals surface area contributed by atoms with Gasteiger partial charge < -0.3 is 10.0 Å². The maximum Gasteiger partial charge on any atom is 0.326 e.